The SMILES string of the molecule is CNc1nc(N)ncc1-c1ccc(OC)c(OCCCN2CC(OC)C2)c1. The highest BCUT2D eigenvalue weighted by Crippen LogP contribution is 2.34. The monoisotopic (exact) mass is 373 g/mol. The summed E-state index contributed by atoms with van der Waals surface area (Å²) in [6.07, 6.45) is 3.03. The summed E-state index contributed by atoms with van der Waals surface area (Å²) in [5, 5.41) is 3.05. The molecule has 0 bridgehead atoms. The number of nitrogens with one attached hydrogen (secondary N) is 1. The zero-order valence-electron chi connectivity index (χ0n) is 16.1. The van der Waals surface area contributed by atoms with Crippen molar-refractivity contribution in [3.8, 4) is 22.6 Å². The number of nitrogens with zero attached hydrogens (tertiary/aromatic N) is 3. The highest BCUT2D eigenvalue weighted by molar-refractivity contribution is 5.76. The normalized spacial score (nSPS) is 14.6. The van der Waals surface area contributed by atoms with Crippen LogP contribution in [0.2, 0.25) is 0 Å². The Morgan fingerprint density at radius 2 is 2.07 bits per heavy atom. The van der Waals surface area contributed by atoms with Crippen LogP contribution >= 0.6 is 0 Å². The Bertz CT molecular complexity index is 765. The van der Waals surface area contributed by atoms with Crippen LogP contribution in [0.1, 0.15) is 6.42 Å². The van der Waals surface area contributed by atoms with Gasteiger partial charge in [0.2, 0.25) is 5.95 Å². The van der Waals surface area contributed by atoms with E-state index in [-0.39, 0.29) is 5.95 Å². The van der Waals surface area contributed by atoms with E-state index in [1.54, 1.807) is 27.5 Å². The lowest BCUT2D eigenvalue weighted by Crippen LogP contribution is -2.51. The van der Waals surface area contributed by atoms with Crippen molar-refractivity contribution in [2.24, 2.45) is 0 Å². The van der Waals surface area contributed by atoms with Crippen molar-refractivity contribution in [1.82, 2.24) is 14.9 Å². The Labute approximate surface area is 159 Å². The summed E-state index contributed by atoms with van der Waals surface area (Å²) in [6.45, 7) is 3.61. The largest absolute Gasteiger partial charge is 0.493 e. The molecular weight excluding hydrogens is 346 g/mol. The van der Waals surface area contributed by atoms with Crippen molar-refractivity contribution in [2.75, 3.05) is 58.6 Å². The van der Waals surface area contributed by atoms with Gasteiger partial charge in [-0.25, -0.2) is 4.98 Å². The number of nitrogen functional groups attached to an aromatic ring is 1. The van der Waals surface area contributed by atoms with Gasteiger partial charge >= 0.3 is 0 Å². The second-order valence-corrected chi connectivity index (χ2v) is 6.43. The van der Waals surface area contributed by atoms with Crippen molar-refractivity contribution < 1.29 is 14.2 Å². The van der Waals surface area contributed by atoms with E-state index in [0.717, 1.165) is 37.2 Å². The van der Waals surface area contributed by atoms with Crippen molar-refractivity contribution in [3.63, 3.8) is 0 Å². The number of hydrogen-bond donors (Lipinski definition) is 2. The topological polar surface area (TPSA) is 94.8 Å². The number of benzene rings is 1. The third kappa shape index (κ3) is 4.58. The lowest BCUT2D eigenvalue weighted by atomic mass is 10.1. The molecule has 3 N–H and O–H groups in total. The number of hydrogen-bond acceptors (Lipinski definition) is 8. The minimum atomic E-state index is 0.231. The molecule has 0 amide bonds. The van der Waals surface area contributed by atoms with Crippen LogP contribution in [0.15, 0.2) is 24.4 Å². The van der Waals surface area contributed by atoms with Crippen LogP contribution in [-0.2, 0) is 4.74 Å². The predicted molar refractivity (Wildman–Crippen MR) is 105 cm³/mol. The fraction of sp³-hybridized carbons (Fsp3) is 0.474. The lowest BCUT2D eigenvalue weighted by molar-refractivity contribution is -0.0306. The van der Waals surface area contributed by atoms with Gasteiger partial charge in [-0.15, -0.1) is 0 Å². The maximum Gasteiger partial charge on any atom is 0.221 e. The maximum atomic E-state index is 5.99. The molecule has 8 heteroatoms. The third-order valence-corrected chi connectivity index (χ3v) is 4.65. The van der Waals surface area contributed by atoms with E-state index < -0.39 is 0 Å². The highest BCUT2D eigenvalue weighted by Gasteiger charge is 2.25. The molecule has 1 aliphatic rings. The minimum absolute atomic E-state index is 0.231. The average Bonchev–Trinajstić information content (AvgIpc) is 2.66. The minimum Gasteiger partial charge on any atom is -0.493 e. The molecule has 1 saturated heterocycles. The molecule has 3 rings (SSSR count). The Balaban J connectivity index is 1.65. The Morgan fingerprint density at radius 1 is 1.26 bits per heavy atom. The third-order valence-electron chi connectivity index (χ3n) is 4.65. The molecular formula is C19H27N5O3. The molecule has 2 aromatic rings. The first-order chi connectivity index (χ1) is 13.1. The summed E-state index contributed by atoms with van der Waals surface area (Å²) in [5.74, 6) is 2.30. The van der Waals surface area contributed by atoms with Crippen molar-refractivity contribution >= 4 is 11.8 Å². The fourth-order valence-corrected chi connectivity index (χ4v) is 3.08. The van der Waals surface area contributed by atoms with Crippen LogP contribution in [0.4, 0.5) is 11.8 Å². The van der Waals surface area contributed by atoms with Gasteiger partial charge in [-0.1, -0.05) is 6.07 Å². The van der Waals surface area contributed by atoms with Gasteiger partial charge in [0, 0.05) is 45.6 Å². The number of likely N-dealkylation sites (tertiary alicyclic amines) is 1. The summed E-state index contributed by atoms with van der Waals surface area (Å²) in [6, 6.07) is 5.78. The van der Waals surface area contributed by atoms with E-state index in [2.05, 4.69) is 20.2 Å². The first-order valence-electron chi connectivity index (χ1n) is 9.01. The van der Waals surface area contributed by atoms with E-state index in [0.29, 0.717) is 30.0 Å². The smallest absolute Gasteiger partial charge is 0.221 e. The summed E-state index contributed by atoms with van der Waals surface area (Å²) in [4.78, 5) is 10.7. The Morgan fingerprint density at radius 3 is 2.78 bits per heavy atom. The first-order valence-corrected chi connectivity index (χ1v) is 9.01. The molecule has 0 saturated carbocycles. The van der Waals surface area contributed by atoms with Crippen molar-refractivity contribution in [3.05, 3.63) is 24.4 Å². The average molecular weight is 373 g/mol. The van der Waals surface area contributed by atoms with E-state index in [9.17, 15) is 0 Å². The van der Waals surface area contributed by atoms with Crippen LogP contribution < -0.4 is 20.5 Å². The van der Waals surface area contributed by atoms with Crippen molar-refractivity contribution in [2.45, 2.75) is 12.5 Å². The zero-order chi connectivity index (χ0) is 19.2. The standard InChI is InChI=1S/C19H27N5O3/c1-21-18-15(10-22-19(20)23-18)13-5-6-16(26-3)17(9-13)27-8-4-7-24-11-14(12-24)25-2/h5-6,9-10,14H,4,7-8,11-12H2,1-3H3,(H3,20,21,22,23). The van der Waals surface area contributed by atoms with Crippen LogP contribution in [0.5, 0.6) is 11.5 Å². The molecule has 0 atom stereocenters. The van der Waals surface area contributed by atoms with Gasteiger partial charge in [-0.3, -0.25) is 4.90 Å². The molecule has 0 radical (unpaired) electrons. The van der Waals surface area contributed by atoms with Crippen LogP contribution in [0, 0.1) is 0 Å². The second kappa shape index (κ2) is 8.88. The molecule has 27 heavy (non-hydrogen) atoms. The molecule has 146 valence electrons. The van der Waals surface area contributed by atoms with Gasteiger partial charge < -0.3 is 25.3 Å². The number of nitrogens with two attached hydrogens (primary N) is 1. The van der Waals surface area contributed by atoms with Crippen LogP contribution in [0.25, 0.3) is 11.1 Å². The molecule has 0 spiro atoms. The molecule has 1 fully saturated rings. The number of ether oxygens (including phenoxy) is 3. The summed E-state index contributed by atoms with van der Waals surface area (Å²) >= 11 is 0. The first kappa shape index (κ1) is 19.2. The van der Waals surface area contributed by atoms with Gasteiger partial charge in [-0.05, 0) is 24.1 Å². The van der Waals surface area contributed by atoms with E-state index >= 15 is 0 Å². The van der Waals surface area contributed by atoms with Crippen LogP contribution in [-0.4, -0.2) is 68.5 Å². The number of rotatable bonds is 9. The molecule has 8 nitrogen and oxygen atoms in total. The maximum absolute atomic E-state index is 5.99. The lowest BCUT2D eigenvalue weighted by Gasteiger charge is -2.38. The molecule has 0 unspecified atom stereocenters. The van der Waals surface area contributed by atoms with Crippen molar-refractivity contribution in [1.29, 1.82) is 0 Å². The summed E-state index contributed by atoms with van der Waals surface area (Å²) in [7, 11) is 5.20. The molecule has 1 aliphatic heterocycles. The van der Waals surface area contributed by atoms with Gasteiger partial charge in [0.15, 0.2) is 11.5 Å². The number of aromatic nitrogens is 2. The van der Waals surface area contributed by atoms with Crippen LogP contribution in [0.3, 0.4) is 0 Å². The van der Waals surface area contributed by atoms with Gasteiger partial charge in [0.25, 0.3) is 0 Å². The Hall–Kier alpha value is -2.58. The highest BCUT2D eigenvalue weighted by atomic mass is 16.5. The Kier molecular flexibility index (Phi) is 6.31. The molecule has 0 aliphatic carbocycles. The number of anilines is 2. The molecule has 1 aromatic heterocycles. The summed E-state index contributed by atoms with van der Waals surface area (Å²) in [5.41, 5.74) is 7.46. The molecule has 2 heterocycles. The molecule has 1 aromatic carbocycles. The summed E-state index contributed by atoms with van der Waals surface area (Å²) < 4.78 is 16.7. The van der Waals surface area contributed by atoms with Gasteiger partial charge in [0.05, 0.1) is 19.8 Å². The fourth-order valence-electron chi connectivity index (χ4n) is 3.08. The quantitative estimate of drug-likeness (QED) is 0.644. The van der Waals surface area contributed by atoms with E-state index in [4.69, 9.17) is 19.9 Å². The predicted octanol–water partition coefficient (Wildman–Crippen LogP) is 1.88. The van der Waals surface area contributed by atoms with E-state index in [1.807, 2.05) is 18.2 Å². The zero-order valence-corrected chi connectivity index (χ0v) is 16.1. The second-order valence-electron chi connectivity index (χ2n) is 6.43. The van der Waals surface area contributed by atoms with E-state index in [1.165, 1.54) is 0 Å². The number of methoxy groups -OCH3 is 2. The van der Waals surface area contributed by atoms with Gasteiger partial charge in [-0.2, -0.15) is 4.98 Å². The van der Waals surface area contributed by atoms with Gasteiger partial charge in [0.1, 0.15) is 5.82 Å².